The van der Waals surface area contributed by atoms with Crippen LogP contribution in [0.5, 0.6) is 5.75 Å². The van der Waals surface area contributed by atoms with Crippen LogP contribution in [0.4, 0.5) is 5.69 Å². The minimum Gasteiger partial charge on any atom is -0.508 e. The molecule has 0 aromatic heterocycles. The number of rotatable bonds is 2. The van der Waals surface area contributed by atoms with E-state index in [1.165, 1.54) is 12.8 Å². The molecule has 2 aliphatic rings. The number of nitrogens with one attached hydrogen (secondary N) is 1. The summed E-state index contributed by atoms with van der Waals surface area (Å²) in [6.45, 7) is 2.03. The second-order valence-electron chi connectivity index (χ2n) is 6.91. The predicted octanol–water partition coefficient (Wildman–Crippen LogP) is 4.89. The van der Waals surface area contributed by atoms with E-state index in [-0.39, 0.29) is 17.6 Å². The first kappa shape index (κ1) is 15.7. The van der Waals surface area contributed by atoms with Gasteiger partial charge in [0.1, 0.15) is 11.2 Å². The van der Waals surface area contributed by atoms with Crippen molar-refractivity contribution in [1.29, 1.82) is 0 Å². The summed E-state index contributed by atoms with van der Waals surface area (Å²) in [5.74, 6) is 0.573. The van der Waals surface area contributed by atoms with Crippen LogP contribution in [-0.4, -0.2) is 11.0 Å². The molecule has 0 spiro atoms. The number of phenols is 1. The number of carbonyl (C=O) groups is 1. The Morgan fingerprint density at radius 3 is 2.46 bits per heavy atom. The Labute approximate surface area is 150 Å². The smallest absolute Gasteiger partial charge is 0.239 e. The van der Waals surface area contributed by atoms with Crippen LogP contribution in [0.2, 0.25) is 0 Å². The fraction of sp³-hybridized carbons (Fsp3) is 0.350. The molecule has 1 unspecified atom stereocenters. The van der Waals surface area contributed by atoms with Gasteiger partial charge in [-0.3, -0.25) is 4.79 Å². The van der Waals surface area contributed by atoms with E-state index >= 15 is 0 Å². The van der Waals surface area contributed by atoms with Crippen molar-refractivity contribution in [2.24, 2.45) is 5.92 Å². The molecule has 0 saturated heterocycles. The van der Waals surface area contributed by atoms with Gasteiger partial charge in [0.25, 0.3) is 0 Å². The van der Waals surface area contributed by atoms with E-state index in [1.54, 1.807) is 12.1 Å². The van der Waals surface area contributed by atoms with Crippen molar-refractivity contribution in [2.75, 3.05) is 5.32 Å². The van der Waals surface area contributed by atoms with E-state index in [2.05, 4.69) is 33.4 Å². The van der Waals surface area contributed by atoms with Gasteiger partial charge >= 0.3 is 0 Å². The second kappa shape index (κ2) is 5.62. The van der Waals surface area contributed by atoms with Crippen LogP contribution < -0.4 is 5.32 Å². The van der Waals surface area contributed by atoms with Gasteiger partial charge in [-0.2, -0.15) is 0 Å². The van der Waals surface area contributed by atoms with Crippen LogP contribution in [0.25, 0.3) is 0 Å². The second-order valence-corrected chi connectivity index (χ2v) is 7.70. The molecule has 124 valence electrons. The summed E-state index contributed by atoms with van der Waals surface area (Å²) in [5.41, 5.74) is 3.39. The molecule has 4 heteroatoms. The van der Waals surface area contributed by atoms with Crippen molar-refractivity contribution in [3.05, 3.63) is 57.6 Å². The van der Waals surface area contributed by atoms with E-state index < -0.39 is 5.41 Å². The van der Waals surface area contributed by atoms with Crippen LogP contribution >= 0.6 is 15.9 Å². The highest BCUT2D eigenvalue weighted by Gasteiger charge is 2.54. The number of hydrogen-bond acceptors (Lipinski definition) is 2. The summed E-state index contributed by atoms with van der Waals surface area (Å²) in [4.78, 5) is 13.3. The molecule has 1 aliphatic carbocycles. The minimum atomic E-state index is -0.657. The lowest BCUT2D eigenvalue weighted by Crippen LogP contribution is -2.42. The third kappa shape index (κ3) is 2.05. The number of carbonyl (C=O) groups excluding carboxylic acids is 1. The highest BCUT2D eigenvalue weighted by atomic mass is 79.9. The number of benzene rings is 2. The lowest BCUT2D eigenvalue weighted by molar-refractivity contribution is -0.121. The van der Waals surface area contributed by atoms with Crippen molar-refractivity contribution in [2.45, 2.75) is 38.0 Å². The first-order chi connectivity index (χ1) is 11.5. The summed E-state index contributed by atoms with van der Waals surface area (Å²) in [5, 5.41) is 12.8. The van der Waals surface area contributed by atoms with Crippen LogP contribution in [0.3, 0.4) is 0 Å². The minimum absolute atomic E-state index is 0.0568. The van der Waals surface area contributed by atoms with E-state index in [0.29, 0.717) is 0 Å². The first-order valence-electron chi connectivity index (χ1n) is 8.45. The van der Waals surface area contributed by atoms with Crippen molar-refractivity contribution >= 4 is 27.5 Å². The third-order valence-electron chi connectivity index (χ3n) is 5.65. The Morgan fingerprint density at radius 1 is 1.12 bits per heavy atom. The van der Waals surface area contributed by atoms with Crippen molar-refractivity contribution < 1.29 is 9.90 Å². The zero-order valence-corrected chi connectivity index (χ0v) is 15.2. The predicted molar refractivity (Wildman–Crippen MR) is 98.4 cm³/mol. The number of amides is 1. The summed E-state index contributed by atoms with van der Waals surface area (Å²) >= 11 is 3.65. The van der Waals surface area contributed by atoms with E-state index in [0.717, 1.165) is 39.7 Å². The lowest BCUT2D eigenvalue weighted by Gasteiger charge is -2.34. The maximum absolute atomic E-state index is 13.3. The van der Waals surface area contributed by atoms with Gasteiger partial charge in [0, 0.05) is 4.47 Å². The Morgan fingerprint density at radius 2 is 1.79 bits per heavy atom. The lowest BCUT2D eigenvalue weighted by atomic mass is 9.65. The summed E-state index contributed by atoms with van der Waals surface area (Å²) in [6.07, 6.45) is 4.44. The molecule has 2 N–H and O–H groups in total. The highest BCUT2D eigenvalue weighted by molar-refractivity contribution is 9.10. The highest BCUT2D eigenvalue weighted by Crippen LogP contribution is 2.54. The number of phenolic OH excluding ortho intramolecular Hbond substituents is 1. The van der Waals surface area contributed by atoms with Gasteiger partial charge in [-0.1, -0.05) is 37.1 Å². The molecule has 1 saturated carbocycles. The molecule has 2 aromatic rings. The van der Waals surface area contributed by atoms with Crippen molar-refractivity contribution in [1.82, 2.24) is 0 Å². The molecular formula is C20H20BrNO2. The number of anilines is 1. The van der Waals surface area contributed by atoms with Crippen molar-refractivity contribution in [3.63, 3.8) is 0 Å². The maximum atomic E-state index is 13.3. The molecule has 24 heavy (non-hydrogen) atoms. The number of aryl methyl sites for hydroxylation is 1. The fourth-order valence-electron chi connectivity index (χ4n) is 4.48. The first-order valence-corrected chi connectivity index (χ1v) is 9.25. The quantitative estimate of drug-likeness (QED) is 0.772. The normalized spacial score (nSPS) is 23.3. The number of hydrogen-bond donors (Lipinski definition) is 2. The van der Waals surface area contributed by atoms with Gasteiger partial charge in [0.15, 0.2) is 0 Å². The summed E-state index contributed by atoms with van der Waals surface area (Å²) < 4.78 is 0.965. The Kier molecular flexibility index (Phi) is 3.68. The van der Waals surface area contributed by atoms with E-state index in [9.17, 15) is 9.90 Å². The molecule has 1 atom stereocenters. The van der Waals surface area contributed by atoms with Gasteiger partial charge in [-0.15, -0.1) is 0 Å². The monoisotopic (exact) mass is 385 g/mol. The molecule has 1 heterocycles. The Balaban J connectivity index is 2.00. The standard InChI is InChI=1S/C20H20BrNO2/c1-12-6-11-16-18(17(12)21)22-19(24)20(16,13-4-2-3-5-13)14-7-9-15(23)10-8-14/h6-11,13,23H,2-5H2,1H3,(H,22,24). The van der Waals surface area contributed by atoms with Crippen LogP contribution in [0.1, 0.15) is 42.4 Å². The van der Waals surface area contributed by atoms with Gasteiger partial charge in [0.2, 0.25) is 5.91 Å². The van der Waals surface area contributed by atoms with Crippen LogP contribution in [0.15, 0.2) is 40.9 Å². The average molecular weight is 386 g/mol. The zero-order chi connectivity index (χ0) is 16.9. The summed E-state index contributed by atoms with van der Waals surface area (Å²) in [6, 6.07) is 11.3. The number of fused-ring (bicyclic) bond motifs is 1. The molecule has 0 bridgehead atoms. The zero-order valence-electron chi connectivity index (χ0n) is 13.6. The topological polar surface area (TPSA) is 49.3 Å². The molecular weight excluding hydrogens is 366 g/mol. The Bertz CT molecular complexity index is 809. The van der Waals surface area contributed by atoms with E-state index in [1.807, 2.05) is 19.1 Å². The molecule has 2 aromatic carbocycles. The summed E-state index contributed by atoms with van der Waals surface area (Å²) in [7, 11) is 0. The van der Waals surface area contributed by atoms with Gasteiger partial charge in [-0.05, 0) is 70.4 Å². The SMILES string of the molecule is Cc1ccc2c(c1Br)NC(=O)C2(c1ccc(O)cc1)C1CCCC1. The molecule has 1 amide bonds. The van der Waals surface area contributed by atoms with Gasteiger partial charge in [0.05, 0.1) is 5.69 Å². The fourth-order valence-corrected chi connectivity index (χ4v) is 4.92. The molecule has 0 radical (unpaired) electrons. The number of aromatic hydroxyl groups is 1. The van der Waals surface area contributed by atoms with Crippen LogP contribution in [0, 0.1) is 12.8 Å². The van der Waals surface area contributed by atoms with Crippen molar-refractivity contribution in [3.8, 4) is 5.75 Å². The molecule has 3 nitrogen and oxygen atoms in total. The Hall–Kier alpha value is -1.81. The average Bonchev–Trinajstić information content (AvgIpc) is 3.19. The molecule has 1 aliphatic heterocycles. The molecule has 4 rings (SSSR count). The number of halogens is 1. The third-order valence-corrected chi connectivity index (χ3v) is 6.67. The maximum Gasteiger partial charge on any atom is 0.239 e. The van der Waals surface area contributed by atoms with Gasteiger partial charge in [-0.25, -0.2) is 0 Å². The van der Waals surface area contributed by atoms with Crippen LogP contribution in [-0.2, 0) is 10.2 Å². The van der Waals surface area contributed by atoms with E-state index in [4.69, 9.17) is 0 Å². The molecule has 1 fully saturated rings. The van der Waals surface area contributed by atoms with Gasteiger partial charge < -0.3 is 10.4 Å². The largest absolute Gasteiger partial charge is 0.508 e.